The van der Waals surface area contributed by atoms with E-state index in [4.69, 9.17) is 0 Å². The Hall–Kier alpha value is -1.32. The van der Waals surface area contributed by atoms with Crippen LogP contribution in [0.4, 0.5) is 0 Å². The molecular weight excluding hydrogens is 166 g/mol. The lowest BCUT2D eigenvalue weighted by molar-refractivity contribution is -0.121. The maximum absolute atomic E-state index is 11.2. The van der Waals surface area contributed by atoms with Crippen LogP contribution in [0.15, 0.2) is 12.5 Å². The van der Waals surface area contributed by atoms with E-state index in [1.165, 1.54) is 0 Å². The van der Waals surface area contributed by atoms with Gasteiger partial charge in [0.2, 0.25) is 5.91 Å². The number of imidazole rings is 1. The highest BCUT2D eigenvalue weighted by atomic mass is 16.1. The highest BCUT2D eigenvalue weighted by molar-refractivity contribution is 5.76. The molecule has 70 valence electrons. The number of aromatic nitrogens is 2. The topological polar surface area (TPSA) is 57.8 Å². The third-order valence-corrected chi connectivity index (χ3v) is 2.12. The van der Waals surface area contributed by atoms with E-state index in [0.29, 0.717) is 12.5 Å². The van der Waals surface area contributed by atoms with Gasteiger partial charge in [-0.1, -0.05) is 0 Å². The summed E-state index contributed by atoms with van der Waals surface area (Å²) >= 11 is 0. The molecule has 0 unspecified atom stereocenters. The normalized spacial score (nSPS) is 15.7. The van der Waals surface area contributed by atoms with Crippen LogP contribution in [0.5, 0.6) is 0 Å². The fourth-order valence-corrected chi connectivity index (χ4v) is 1.20. The Bertz CT molecular complexity index is 277. The second kappa shape index (κ2) is 3.60. The number of carbonyl (C=O) groups is 1. The van der Waals surface area contributed by atoms with E-state index in [2.05, 4.69) is 15.3 Å². The summed E-state index contributed by atoms with van der Waals surface area (Å²) < 4.78 is 0. The van der Waals surface area contributed by atoms with Gasteiger partial charge in [0.1, 0.15) is 0 Å². The predicted molar refractivity (Wildman–Crippen MR) is 48.1 cm³/mol. The zero-order chi connectivity index (χ0) is 9.10. The average Bonchev–Trinajstić information content (AvgIpc) is 2.78. The van der Waals surface area contributed by atoms with Gasteiger partial charge in [-0.25, -0.2) is 4.98 Å². The molecule has 4 nitrogen and oxygen atoms in total. The van der Waals surface area contributed by atoms with Gasteiger partial charge < -0.3 is 10.3 Å². The summed E-state index contributed by atoms with van der Waals surface area (Å²) in [6.07, 6.45) is 6.99. The van der Waals surface area contributed by atoms with Crippen LogP contribution in [0.1, 0.15) is 25.0 Å². The summed E-state index contributed by atoms with van der Waals surface area (Å²) in [6, 6.07) is 0.467. The van der Waals surface area contributed by atoms with E-state index in [1.807, 2.05) is 0 Å². The third-order valence-electron chi connectivity index (χ3n) is 2.12. The van der Waals surface area contributed by atoms with Crippen molar-refractivity contribution >= 4 is 5.91 Å². The second-order valence-corrected chi connectivity index (χ2v) is 3.42. The van der Waals surface area contributed by atoms with Crippen LogP contribution in [-0.2, 0) is 11.2 Å². The molecule has 0 radical (unpaired) electrons. The highest BCUT2D eigenvalue weighted by Crippen LogP contribution is 2.18. The summed E-state index contributed by atoms with van der Waals surface area (Å²) in [4.78, 5) is 18.1. The van der Waals surface area contributed by atoms with Crippen molar-refractivity contribution in [1.29, 1.82) is 0 Å². The fraction of sp³-hybridized carbons (Fsp3) is 0.556. The molecule has 0 saturated heterocycles. The molecule has 1 aromatic rings. The Morgan fingerprint density at radius 2 is 2.54 bits per heavy atom. The zero-order valence-corrected chi connectivity index (χ0v) is 7.42. The number of amides is 1. The molecule has 0 aromatic carbocycles. The van der Waals surface area contributed by atoms with Gasteiger partial charge in [0.15, 0.2) is 0 Å². The molecule has 0 spiro atoms. The average molecular weight is 179 g/mol. The molecule has 0 atom stereocenters. The number of H-pyrrole nitrogens is 1. The van der Waals surface area contributed by atoms with E-state index in [1.54, 1.807) is 12.5 Å². The van der Waals surface area contributed by atoms with Crippen molar-refractivity contribution in [3.63, 3.8) is 0 Å². The molecule has 1 aliphatic carbocycles. The first-order chi connectivity index (χ1) is 6.34. The Morgan fingerprint density at radius 3 is 3.15 bits per heavy atom. The predicted octanol–water partition coefficient (Wildman–Crippen LogP) is 0.621. The first-order valence-electron chi connectivity index (χ1n) is 4.61. The number of nitrogens with zero attached hydrogens (tertiary/aromatic N) is 1. The molecule has 0 aliphatic heterocycles. The Kier molecular flexibility index (Phi) is 2.29. The fourth-order valence-electron chi connectivity index (χ4n) is 1.20. The van der Waals surface area contributed by atoms with Gasteiger partial charge in [-0.05, 0) is 19.3 Å². The summed E-state index contributed by atoms with van der Waals surface area (Å²) in [5, 5.41) is 2.94. The van der Waals surface area contributed by atoms with Gasteiger partial charge in [0, 0.05) is 24.4 Å². The monoisotopic (exact) mass is 179 g/mol. The molecule has 2 N–H and O–H groups in total. The van der Waals surface area contributed by atoms with Crippen LogP contribution in [0.25, 0.3) is 0 Å². The summed E-state index contributed by atoms with van der Waals surface area (Å²) in [7, 11) is 0. The largest absolute Gasteiger partial charge is 0.353 e. The first-order valence-corrected chi connectivity index (χ1v) is 4.61. The van der Waals surface area contributed by atoms with Crippen LogP contribution in [0, 0.1) is 0 Å². The van der Waals surface area contributed by atoms with E-state index >= 15 is 0 Å². The molecule has 1 aromatic heterocycles. The SMILES string of the molecule is O=C(CCc1cnc[nH]1)NC1CC1. The molecule has 1 heterocycles. The summed E-state index contributed by atoms with van der Waals surface area (Å²) in [6.45, 7) is 0. The smallest absolute Gasteiger partial charge is 0.220 e. The Morgan fingerprint density at radius 1 is 1.69 bits per heavy atom. The maximum Gasteiger partial charge on any atom is 0.220 e. The maximum atomic E-state index is 11.2. The van der Waals surface area contributed by atoms with E-state index in [9.17, 15) is 4.79 Å². The number of hydrogen-bond donors (Lipinski definition) is 2. The van der Waals surface area contributed by atoms with Crippen molar-refractivity contribution in [1.82, 2.24) is 15.3 Å². The van der Waals surface area contributed by atoms with Crippen molar-refractivity contribution in [2.24, 2.45) is 0 Å². The quantitative estimate of drug-likeness (QED) is 0.712. The van der Waals surface area contributed by atoms with Gasteiger partial charge in [-0.2, -0.15) is 0 Å². The molecule has 1 aliphatic rings. The molecule has 1 amide bonds. The number of aromatic amines is 1. The molecule has 1 saturated carbocycles. The van der Waals surface area contributed by atoms with Crippen LogP contribution in [-0.4, -0.2) is 21.9 Å². The number of nitrogens with one attached hydrogen (secondary N) is 2. The van der Waals surface area contributed by atoms with Crippen molar-refractivity contribution in [2.75, 3.05) is 0 Å². The minimum atomic E-state index is 0.150. The van der Waals surface area contributed by atoms with Crippen molar-refractivity contribution in [2.45, 2.75) is 31.7 Å². The number of hydrogen-bond acceptors (Lipinski definition) is 2. The minimum Gasteiger partial charge on any atom is -0.353 e. The summed E-state index contributed by atoms with van der Waals surface area (Å²) in [5.41, 5.74) is 1.02. The Balaban J connectivity index is 1.69. The lowest BCUT2D eigenvalue weighted by atomic mass is 10.2. The van der Waals surface area contributed by atoms with Gasteiger partial charge in [-0.15, -0.1) is 0 Å². The lowest BCUT2D eigenvalue weighted by Gasteiger charge is -2.00. The zero-order valence-electron chi connectivity index (χ0n) is 7.42. The van der Waals surface area contributed by atoms with Crippen molar-refractivity contribution in [3.8, 4) is 0 Å². The number of rotatable bonds is 4. The first kappa shape index (κ1) is 8.29. The third kappa shape index (κ3) is 2.57. The van der Waals surface area contributed by atoms with Gasteiger partial charge >= 0.3 is 0 Å². The number of carbonyl (C=O) groups excluding carboxylic acids is 1. The highest BCUT2D eigenvalue weighted by Gasteiger charge is 2.22. The van der Waals surface area contributed by atoms with Crippen LogP contribution < -0.4 is 5.32 Å². The van der Waals surface area contributed by atoms with Gasteiger partial charge in [0.05, 0.1) is 6.33 Å². The van der Waals surface area contributed by atoms with Crippen molar-refractivity contribution in [3.05, 3.63) is 18.2 Å². The second-order valence-electron chi connectivity index (χ2n) is 3.42. The molecular formula is C9H13N3O. The molecule has 1 fully saturated rings. The molecule has 13 heavy (non-hydrogen) atoms. The lowest BCUT2D eigenvalue weighted by Crippen LogP contribution is -2.25. The van der Waals surface area contributed by atoms with E-state index in [-0.39, 0.29) is 5.91 Å². The minimum absolute atomic E-state index is 0.150. The Labute approximate surface area is 76.8 Å². The summed E-state index contributed by atoms with van der Waals surface area (Å²) in [5.74, 6) is 0.150. The van der Waals surface area contributed by atoms with Crippen LogP contribution in [0.2, 0.25) is 0 Å². The van der Waals surface area contributed by atoms with Gasteiger partial charge in [0.25, 0.3) is 0 Å². The molecule has 2 rings (SSSR count). The van der Waals surface area contributed by atoms with Crippen LogP contribution >= 0.6 is 0 Å². The van der Waals surface area contributed by atoms with E-state index in [0.717, 1.165) is 25.0 Å². The van der Waals surface area contributed by atoms with Gasteiger partial charge in [-0.3, -0.25) is 4.79 Å². The van der Waals surface area contributed by atoms with E-state index < -0.39 is 0 Å². The standard InChI is InChI=1S/C9H13N3O/c13-9(12-7-1-2-7)4-3-8-5-10-6-11-8/h5-7H,1-4H2,(H,10,11)(H,12,13). The van der Waals surface area contributed by atoms with Crippen LogP contribution in [0.3, 0.4) is 0 Å². The molecule has 4 heteroatoms. The number of aryl methyl sites for hydroxylation is 1. The molecule has 0 bridgehead atoms. The van der Waals surface area contributed by atoms with Crippen molar-refractivity contribution < 1.29 is 4.79 Å².